The van der Waals surface area contributed by atoms with Crippen molar-refractivity contribution in [3.63, 3.8) is 0 Å². The van der Waals surface area contributed by atoms with Crippen LogP contribution >= 0.6 is 27.7 Å². The Bertz CT molecular complexity index is 745. The Kier molecular flexibility index (Phi) is 6.79. The Morgan fingerprint density at radius 1 is 1.19 bits per heavy atom. The lowest BCUT2D eigenvalue weighted by molar-refractivity contribution is -0.119. The van der Waals surface area contributed by atoms with Crippen LogP contribution in [0.25, 0.3) is 0 Å². The lowest BCUT2D eigenvalue weighted by Gasteiger charge is -2.38. The molecule has 0 saturated carbocycles. The normalized spacial score (nSPS) is 16.2. The molecule has 1 heterocycles. The highest BCUT2D eigenvalue weighted by Gasteiger charge is 2.34. The number of amides is 1. The van der Waals surface area contributed by atoms with Crippen LogP contribution in [0, 0.1) is 6.92 Å². The van der Waals surface area contributed by atoms with Gasteiger partial charge in [-0.1, -0.05) is 46.3 Å². The Hall–Kier alpha value is -1.30. The number of ether oxygens (including phenoxy) is 1. The van der Waals surface area contributed by atoms with Crippen molar-refractivity contribution >= 4 is 33.6 Å². The number of benzene rings is 2. The van der Waals surface area contributed by atoms with Gasteiger partial charge >= 0.3 is 0 Å². The first-order valence-electron chi connectivity index (χ1n) is 8.88. The third-order valence-electron chi connectivity index (χ3n) is 4.96. The lowest BCUT2D eigenvalue weighted by Crippen LogP contribution is -2.45. The number of nitrogens with one attached hydrogen (secondary N) is 1. The number of carbonyl (C=O) groups excluding carboxylic acids is 1. The van der Waals surface area contributed by atoms with Gasteiger partial charge in [-0.3, -0.25) is 4.79 Å². The summed E-state index contributed by atoms with van der Waals surface area (Å²) in [4.78, 5) is 13.6. The molecule has 0 spiro atoms. The number of halogens is 1. The van der Waals surface area contributed by atoms with Gasteiger partial charge in [0.15, 0.2) is 0 Å². The van der Waals surface area contributed by atoms with Gasteiger partial charge in [0.1, 0.15) is 0 Å². The quantitative estimate of drug-likeness (QED) is 0.669. The highest BCUT2D eigenvalue weighted by Crippen LogP contribution is 2.34. The summed E-state index contributed by atoms with van der Waals surface area (Å²) >= 11 is 5.06. The fraction of sp³-hybridized carbons (Fsp3) is 0.381. The zero-order chi connectivity index (χ0) is 18.4. The zero-order valence-electron chi connectivity index (χ0n) is 15.0. The second-order valence-electron chi connectivity index (χ2n) is 6.73. The van der Waals surface area contributed by atoms with Gasteiger partial charge in [-0.25, -0.2) is 0 Å². The molecule has 0 unspecified atom stereocenters. The molecule has 3 nitrogen and oxygen atoms in total. The number of hydrogen-bond acceptors (Lipinski definition) is 3. The number of carbonyl (C=O) groups is 1. The van der Waals surface area contributed by atoms with Crippen LogP contribution in [0.4, 0.5) is 0 Å². The molecule has 5 heteroatoms. The van der Waals surface area contributed by atoms with Crippen molar-refractivity contribution in [1.82, 2.24) is 5.32 Å². The molecule has 0 aliphatic carbocycles. The van der Waals surface area contributed by atoms with E-state index in [9.17, 15) is 4.79 Å². The average Bonchev–Trinajstić information content (AvgIpc) is 2.67. The first-order chi connectivity index (χ1) is 12.6. The van der Waals surface area contributed by atoms with Gasteiger partial charge < -0.3 is 10.1 Å². The molecule has 1 aliphatic heterocycles. The van der Waals surface area contributed by atoms with Crippen molar-refractivity contribution in [2.45, 2.75) is 30.1 Å². The van der Waals surface area contributed by atoms with E-state index in [0.29, 0.717) is 12.3 Å². The maximum Gasteiger partial charge on any atom is 0.230 e. The molecule has 1 fully saturated rings. The minimum absolute atomic E-state index is 0.0205. The Morgan fingerprint density at radius 2 is 1.92 bits per heavy atom. The molecular formula is C21H24BrNO2S. The SMILES string of the molecule is Cc1cc(Br)ccc1SCC(=O)NCC1(c2ccccc2)CCOCC1. The van der Waals surface area contributed by atoms with Gasteiger partial charge in [0, 0.05) is 34.5 Å². The molecule has 0 bridgehead atoms. The summed E-state index contributed by atoms with van der Waals surface area (Å²) in [6.07, 6.45) is 1.88. The molecule has 1 aliphatic rings. The molecule has 26 heavy (non-hydrogen) atoms. The molecule has 138 valence electrons. The van der Waals surface area contributed by atoms with Crippen LogP contribution in [-0.2, 0) is 14.9 Å². The van der Waals surface area contributed by atoms with Crippen molar-refractivity contribution in [3.8, 4) is 0 Å². The lowest BCUT2D eigenvalue weighted by atomic mass is 9.74. The molecule has 2 aromatic rings. The average molecular weight is 434 g/mol. The van der Waals surface area contributed by atoms with E-state index in [0.717, 1.165) is 35.4 Å². The topological polar surface area (TPSA) is 38.3 Å². The minimum atomic E-state index is -0.0205. The molecule has 1 amide bonds. The molecule has 1 saturated heterocycles. The standard InChI is InChI=1S/C21H24BrNO2S/c1-16-13-18(22)7-8-19(16)26-14-20(24)23-15-21(9-11-25-12-10-21)17-5-3-2-4-6-17/h2-8,13H,9-12,14-15H2,1H3,(H,23,24). The van der Waals surface area contributed by atoms with Crippen LogP contribution in [0.15, 0.2) is 57.9 Å². The summed E-state index contributed by atoms with van der Waals surface area (Å²) in [5.74, 6) is 0.517. The molecule has 1 N–H and O–H groups in total. The van der Waals surface area contributed by atoms with Crippen molar-refractivity contribution in [2.24, 2.45) is 0 Å². The second kappa shape index (κ2) is 9.07. The molecule has 2 aromatic carbocycles. The van der Waals surface area contributed by atoms with Crippen LogP contribution in [0.1, 0.15) is 24.0 Å². The van der Waals surface area contributed by atoms with Gasteiger partial charge in [0.05, 0.1) is 5.75 Å². The Morgan fingerprint density at radius 3 is 2.62 bits per heavy atom. The maximum absolute atomic E-state index is 12.4. The highest BCUT2D eigenvalue weighted by molar-refractivity contribution is 9.10. The van der Waals surface area contributed by atoms with Gasteiger partial charge in [-0.05, 0) is 49.1 Å². The largest absolute Gasteiger partial charge is 0.381 e. The molecular weight excluding hydrogens is 410 g/mol. The molecule has 0 atom stereocenters. The number of thioether (sulfide) groups is 1. The summed E-state index contributed by atoms with van der Waals surface area (Å²) in [5, 5.41) is 3.17. The second-order valence-corrected chi connectivity index (χ2v) is 8.67. The molecule has 0 radical (unpaired) electrons. The van der Waals surface area contributed by atoms with E-state index >= 15 is 0 Å². The summed E-state index contributed by atoms with van der Waals surface area (Å²) < 4.78 is 6.62. The Labute approximate surface area is 168 Å². The van der Waals surface area contributed by atoms with Crippen LogP contribution < -0.4 is 5.32 Å². The summed E-state index contributed by atoms with van der Waals surface area (Å²) in [7, 11) is 0. The molecule has 3 rings (SSSR count). The van der Waals surface area contributed by atoms with Crippen LogP contribution in [0.5, 0.6) is 0 Å². The van der Waals surface area contributed by atoms with E-state index in [4.69, 9.17) is 4.74 Å². The van der Waals surface area contributed by atoms with E-state index in [1.807, 2.05) is 12.1 Å². The highest BCUT2D eigenvalue weighted by atomic mass is 79.9. The van der Waals surface area contributed by atoms with Gasteiger partial charge in [-0.15, -0.1) is 11.8 Å². The fourth-order valence-electron chi connectivity index (χ4n) is 3.36. The number of aryl methyl sites for hydroxylation is 1. The van der Waals surface area contributed by atoms with Gasteiger partial charge in [0.2, 0.25) is 5.91 Å². The smallest absolute Gasteiger partial charge is 0.230 e. The van der Waals surface area contributed by atoms with Crippen molar-refractivity contribution in [3.05, 3.63) is 64.1 Å². The van der Waals surface area contributed by atoms with Crippen molar-refractivity contribution in [2.75, 3.05) is 25.5 Å². The van der Waals surface area contributed by atoms with Crippen molar-refractivity contribution in [1.29, 1.82) is 0 Å². The van der Waals surface area contributed by atoms with Crippen LogP contribution in [-0.4, -0.2) is 31.4 Å². The van der Waals surface area contributed by atoms with E-state index < -0.39 is 0 Å². The van der Waals surface area contributed by atoms with E-state index in [-0.39, 0.29) is 11.3 Å². The number of hydrogen-bond donors (Lipinski definition) is 1. The van der Waals surface area contributed by atoms with E-state index in [1.165, 1.54) is 11.1 Å². The predicted octanol–water partition coefficient (Wildman–Crippen LogP) is 4.71. The third kappa shape index (κ3) is 4.90. The van der Waals surface area contributed by atoms with E-state index in [2.05, 4.69) is 64.6 Å². The summed E-state index contributed by atoms with van der Waals surface area (Å²) in [6, 6.07) is 16.6. The van der Waals surface area contributed by atoms with Crippen LogP contribution in [0.3, 0.4) is 0 Å². The maximum atomic E-state index is 12.4. The Balaban J connectivity index is 1.59. The fourth-order valence-corrected chi connectivity index (χ4v) is 4.67. The summed E-state index contributed by atoms with van der Waals surface area (Å²) in [5.41, 5.74) is 2.45. The first kappa shape index (κ1) is 19.5. The van der Waals surface area contributed by atoms with Gasteiger partial charge in [0.25, 0.3) is 0 Å². The monoisotopic (exact) mass is 433 g/mol. The first-order valence-corrected chi connectivity index (χ1v) is 10.7. The number of rotatable bonds is 6. The minimum Gasteiger partial charge on any atom is -0.381 e. The third-order valence-corrected chi connectivity index (χ3v) is 6.62. The predicted molar refractivity (Wildman–Crippen MR) is 111 cm³/mol. The van der Waals surface area contributed by atoms with Gasteiger partial charge in [-0.2, -0.15) is 0 Å². The zero-order valence-corrected chi connectivity index (χ0v) is 17.4. The summed E-state index contributed by atoms with van der Waals surface area (Å²) in [6.45, 7) is 4.23. The van der Waals surface area contributed by atoms with Crippen molar-refractivity contribution < 1.29 is 9.53 Å². The van der Waals surface area contributed by atoms with Crippen LogP contribution in [0.2, 0.25) is 0 Å². The van der Waals surface area contributed by atoms with E-state index in [1.54, 1.807) is 11.8 Å². The molecule has 0 aromatic heterocycles.